The van der Waals surface area contributed by atoms with Gasteiger partial charge in [-0.3, -0.25) is 0 Å². The maximum atomic E-state index is 5.46. The average Bonchev–Trinajstić information content (AvgIpc) is 2.58. The van der Waals surface area contributed by atoms with Crippen LogP contribution in [-0.4, -0.2) is 19.3 Å². The predicted octanol–water partition coefficient (Wildman–Crippen LogP) is 0.188. The molecule has 2 aromatic heterocycles. The zero-order valence-corrected chi connectivity index (χ0v) is 6.68. The zero-order valence-electron chi connectivity index (χ0n) is 6.68. The number of imidazole rings is 1. The van der Waals surface area contributed by atoms with Crippen molar-refractivity contribution in [2.24, 2.45) is 7.05 Å². The third-order valence-corrected chi connectivity index (χ3v) is 1.54. The van der Waals surface area contributed by atoms with E-state index in [0.29, 0.717) is 5.82 Å². The van der Waals surface area contributed by atoms with Crippen molar-refractivity contribution < 1.29 is 0 Å². The SMILES string of the molecule is Cn1cnc(-n2ccc(N)n2)c1. The fraction of sp³-hybridized carbons (Fsp3) is 0.143. The van der Waals surface area contributed by atoms with E-state index in [1.165, 1.54) is 0 Å². The lowest BCUT2D eigenvalue weighted by Crippen LogP contribution is -1.96. The summed E-state index contributed by atoms with van der Waals surface area (Å²) < 4.78 is 3.49. The molecule has 0 unspecified atom stereocenters. The molecule has 12 heavy (non-hydrogen) atoms. The first-order valence-electron chi connectivity index (χ1n) is 3.55. The molecule has 0 aromatic carbocycles. The Labute approximate surface area is 69.4 Å². The normalized spacial score (nSPS) is 10.4. The minimum Gasteiger partial charge on any atom is -0.382 e. The largest absolute Gasteiger partial charge is 0.382 e. The van der Waals surface area contributed by atoms with E-state index >= 15 is 0 Å². The number of hydrogen-bond donors (Lipinski definition) is 1. The van der Waals surface area contributed by atoms with Crippen LogP contribution in [0.1, 0.15) is 0 Å². The molecule has 0 bridgehead atoms. The molecule has 0 amide bonds. The van der Waals surface area contributed by atoms with E-state index in [4.69, 9.17) is 5.73 Å². The van der Waals surface area contributed by atoms with Gasteiger partial charge in [-0.15, -0.1) is 5.10 Å². The molecule has 0 atom stereocenters. The van der Waals surface area contributed by atoms with Crippen LogP contribution in [0.4, 0.5) is 5.82 Å². The van der Waals surface area contributed by atoms with Crippen molar-refractivity contribution in [2.75, 3.05) is 5.73 Å². The summed E-state index contributed by atoms with van der Waals surface area (Å²) in [5, 5.41) is 4.01. The van der Waals surface area contributed by atoms with E-state index in [1.54, 1.807) is 23.3 Å². The smallest absolute Gasteiger partial charge is 0.171 e. The van der Waals surface area contributed by atoms with E-state index in [-0.39, 0.29) is 0 Å². The fourth-order valence-corrected chi connectivity index (χ4v) is 0.983. The van der Waals surface area contributed by atoms with Gasteiger partial charge >= 0.3 is 0 Å². The van der Waals surface area contributed by atoms with Crippen molar-refractivity contribution in [2.45, 2.75) is 0 Å². The highest BCUT2D eigenvalue weighted by molar-refractivity contribution is 5.28. The maximum Gasteiger partial charge on any atom is 0.171 e. The van der Waals surface area contributed by atoms with Crippen molar-refractivity contribution >= 4 is 5.82 Å². The Morgan fingerprint density at radius 3 is 2.83 bits per heavy atom. The number of hydrogen-bond acceptors (Lipinski definition) is 3. The quantitative estimate of drug-likeness (QED) is 0.652. The van der Waals surface area contributed by atoms with Crippen molar-refractivity contribution in [1.29, 1.82) is 0 Å². The summed E-state index contributed by atoms with van der Waals surface area (Å²) >= 11 is 0. The van der Waals surface area contributed by atoms with Crippen LogP contribution in [0.5, 0.6) is 0 Å². The highest BCUT2D eigenvalue weighted by atomic mass is 15.3. The molecule has 0 radical (unpaired) electrons. The van der Waals surface area contributed by atoms with Crippen molar-refractivity contribution in [3.63, 3.8) is 0 Å². The molecule has 0 saturated heterocycles. The standard InChI is InChI=1S/C7H9N5/c1-11-4-7(9-5-11)12-3-2-6(8)10-12/h2-5H,1H3,(H2,8,10). The van der Waals surface area contributed by atoms with Gasteiger partial charge in [0.15, 0.2) is 5.82 Å². The molecule has 0 aliphatic heterocycles. The lowest BCUT2D eigenvalue weighted by atomic mass is 10.6. The van der Waals surface area contributed by atoms with Gasteiger partial charge in [-0.25, -0.2) is 9.67 Å². The molecular weight excluding hydrogens is 154 g/mol. The lowest BCUT2D eigenvalue weighted by molar-refractivity contribution is 0.856. The van der Waals surface area contributed by atoms with Crippen LogP contribution >= 0.6 is 0 Å². The van der Waals surface area contributed by atoms with Gasteiger partial charge in [-0.05, 0) is 0 Å². The zero-order chi connectivity index (χ0) is 8.55. The molecule has 0 aliphatic carbocycles. The van der Waals surface area contributed by atoms with Gasteiger partial charge in [-0.1, -0.05) is 0 Å². The molecule has 0 spiro atoms. The number of rotatable bonds is 1. The number of nitrogens with two attached hydrogens (primary N) is 1. The second-order valence-electron chi connectivity index (χ2n) is 2.58. The van der Waals surface area contributed by atoms with Gasteiger partial charge < -0.3 is 10.3 Å². The first-order chi connectivity index (χ1) is 5.75. The Balaban J connectivity index is 2.43. The summed E-state index contributed by atoms with van der Waals surface area (Å²) in [6.45, 7) is 0. The second-order valence-corrected chi connectivity index (χ2v) is 2.58. The van der Waals surface area contributed by atoms with E-state index in [0.717, 1.165) is 5.82 Å². The molecule has 62 valence electrons. The summed E-state index contributed by atoms with van der Waals surface area (Å²) in [7, 11) is 1.91. The molecule has 2 rings (SSSR count). The summed E-state index contributed by atoms with van der Waals surface area (Å²) in [5.74, 6) is 1.27. The highest BCUT2D eigenvalue weighted by Crippen LogP contribution is 2.04. The molecule has 5 heteroatoms. The molecule has 0 fully saturated rings. The van der Waals surface area contributed by atoms with E-state index in [9.17, 15) is 0 Å². The Morgan fingerprint density at radius 1 is 1.50 bits per heavy atom. The van der Waals surface area contributed by atoms with E-state index in [1.807, 2.05) is 17.8 Å². The monoisotopic (exact) mass is 163 g/mol. The predicted molar refractivity (Wildman–Crippen MR) is 44.7 cm³/mol. The maximum absolute atomic E-state index is 5.46. The van der Waals surface area contributed by atoms with Crippen LogP contribution in [0.2, 0.25) is 0 Å². The van der Waals surface area contributed by atoms with Crippen LogP contribution in [0, 0.1) is 0 Å². The summed E-state index contributed by atoms with van der Waals surface area (Å²) in [4.78, 5) is 4.11. The molecule has 2 N–H and O–H groups in total. The summed E-state index contributed by atoms with van der Waals surface area (Å²) in [6, 6.07) is 1.73. The number of nitrogens with zero attached hydrogens (tertiary/aromatic N) is 4. The molecule has 0 aliphatic rings. The molecular formula is C7H9N5. The molecule has 0 saturated carbocycles. The Morgan fingerprint density at radius 2 is 2.33 bits per heavy atom. The minimum atomic E-state index is 0.501. The minimum absolute atomic E-state index is 0.501. The van der Waals surface area contributed by atoms with Gasteiger partial charge in [0, 0.05) is 25.5 Å². The number of nitrogen functional groups attached to an aromatic ring is 1. The fourth-order valence-electron chi connectivity index (χ4n) is 0.983. The van der Waals surface area contributed by atoms with Crippen molar-refractivity contribution in [3.05, 3.63) is 24.8 Å². The first-order valence-corrected chi connectivity index (χ1v) is 3.55. The summed E-state index contributed by atoms with van der Waals surface area (Å²) in [6.07, 6.45) is 5.36. The molecule has 5 nitrogen and oxygen atoms in total. The van der Waals surface area contributed by atoms with E-state index < -0.39 is 0 Å². The highest BCUT2D eigenvalue weighted by Gasteiger charge is 1.99. The van der Waals surface area contributed by atoms with Crippen LogP contribution < -0.4 is 5.73 Å². The first kappa shape index (κ1) is 6.90. The third-order valence-electron chi connectivity index (χ3n) is 1.54. The van der Waals surface area contributed by atoms with Gasteiger partial charge in [0.05, 0.1) is 6.33 Å². The Bertz CT molecular complexity index is 348. The van der Waals surface area contributed by atoms with Gasteiger partial charge in [0.1, 0.15) is 5.82 Å². The molecule has 2 heterocycles. The third kappa shape index (κ3) is 1.05. The summed E-state index contributed by atoms with van der Waals surface area (Å²) in [5.41, 5.74) is 5.46. The van der Waals surface area contributed by atoms with Gasteiger partial charge in [0.2, 0.25) is 0 Å². The van der Waals surface area contributed by atoms with Gasteiger partial charge in [0.25, 0.3) is 0 Å². The van der Waals surface area contributed by atoms with Gasteiger partial charge in [-0.2, -0.15) is 0 Å². The lowest BCUT2D eigenvalue weighted by Gasteiger charge is -1.91. The average molecular weight is 163 g/mol. The Hall–Kier alpha value is -1.78. The topological polar surface area (TPSA) is 61.7 Å². The molecule has 2 aromatic rings. The van der Waals surface area contributed by atoms with Crippen LogP contribution in [0.15, 0.2) is 24.8 Å². The van der Waals surface area contributed by atoms with Crippen LogP contribution in [0.3, 0.4) is 0 Å². The van der Waals surface area contributed by atoms with Crippen LogP contribution in [-0.2, 0) is 7.05 Å². The van der Waals surface area contributed by atoms with Crippen molar-refractivity contribution in [1.82, 2.24) is 19.3 Å². The van der Waals surface area contributed by atoms with Crippen molar-refractivity contribution in [3.8, 4) is 5.82 Å². The van der Waals surface area contributed by atoms with Crippen LogP contribution in [0.25, 0.3) is 5.82 Å². The van der Waals surface area contributed by atoms with E-state index in [2.05, 4.69) is 10.1 Å². The second kappa shape index (κ2) is 2.37. The Kier molecular flexibility index (Phi) is 1.36. The number of aryl methyl sites for hydroxylation is 1. The number of anilines is 1. The number of aromatic nitrogens is 4.